The lowest BCUT2D eigenvalue weighted by atomic mass is 10.2. The summed E-state index contributed by atoms with van der Waals surface area (Å²) in [6, 6.07) is 13.5. The van der Waals surface area contributed by atoms with E-state index >= 15 is 0 Å². The predicted octanol–water partition coefficient (Wildman–Crippen LogP) is 2.42. The number of unbranched alkanes of at least 4 members (excludes halogenated alkanes) is 1. The van der Waals surface area contributed by atoms with Gasteiger partial charge in [0.2, 0.25) is 5.56 Å². The monoisotopic (exact) mass is 411 g/mol. The molecule has 1 N–H and O–H groups in total. The molecule has 1 aromatic heterocycles. The summed E-state index contributed by atoms with van der Waals surface area (Å²) in [5, 5.41) is 3.42. The molecule has 2 aromatic rings. The molecule has 30 heavy (non-hydrogen) atoms. The zero-order chi connectivity index (χ0) is 21.2. The number of aliphatic imine (C=N–C) groups is 1. The van der Waals surface area contributed by atoms with E-state index in [1.807, 2.05) is 24.4 Å². The van der Waals surface area contributed by atoms with Gasteiger partial charge in [-0.25, -0.2) is 0 Å². The maximum atomic E-state index is 11.8. The molecule has 7 nitrogen and oxygen atoms in total. The number of para-hydroxylation sites is 2. The van der Waals surface area contributed by atoms with Gasteiger partial charge in [0.25, 0.3) is 0 Å². The molecule has 162 valence electrons. The summed E-state index contributed by atoms with van der Waals surface area (Å²) >= 11 is 0. The summed E-state index contributed by atoms with van der Waals surface area (Å²) in [6.07, 6.45) is 3.74. The van der Waals surface area contributed by atoms with Crippen molar-refractivity contribution in [2.45, 2.75) is 26.3 Å². The third-order valence-electron chi connectivity index (χ3n) is 5.31. The molecule has 0 radical (unpaired) electrons. The first-order valence-corrected chi connectivity index (χ1v) is 10.8. The molecule has 1 fully saturated rings. The van der Waals surface area contributed by atoms with Gasteiger partial charge in [-0.2, -0.15) is 0 Å². The van der Waals surface area contributed by atoms with Gasteiger partial charge in [0, 0.05) is 58.1 Å². The molecule has 0 aliphatic carbocycles. The third kappa shape index (κ3) is 5.78. The normalized spacial score (nSPS) is 14.7. The van der Waals surface area contributed by atoms with E-state index in [4.69, 9.17) is 9.73 Å². The second-order valence-electron chi connectivity index (χ2n) is 7.32. The van der Waals surface area contributed by atoms with Crippen molar-refractivity contribution in [1.29, 1.82) is 0 Å². The number of hydrogen-bond acceptors (Lipinski definition) is 4. The van der Waals surface area contributed by atoms with Crippen LogP contribution in [0.1, 0.15) is 19.8 Å². The Balaban J connectivity index is 1.50. The molecule has 0 saturated carbocycles. The van der Waals surface area contributed by atoms with Crippen molar-refractivity contribution in [2.24, 2.45) is 4.99 Å². The molecular formula is C23H33N5O2. The van der Waals surface area contributed by atoms with Crippen molar-refractivity contribution in [3.05, 3.63) is 59.0 Å². The Morgan fingerprint density at radius 1 is 1.07 bits per heavy atom. The van der Waals surface area contributed by atoms with Crippen LogP contribution < -0.4 is 20.5 Å². The fourth-order valence-electron chi connectivity index (χ4n) is 3.70. The maximum Gasteiger partial charge on any atom is 0.250 e. The van der Waals surface area contributed by atoms with Crippen molar-refractivity contribution in [3.63, 3.8) is 0 Å². The van der Waals surface area contributed by atoms with Crippen LogP contribution in [0.5, 0.6) is 5.75 Å². The number of hydrogen-bond donors (Lipinski definition) is 1. The molecule has 1 aromatic carbocycles. The highest BCUT2D eigenvalue weighted by molar-refractivity contribution is 5.80. The summed E-state index contributed by atoms with van der Waals surface area (Å²) < 4.78 is 7.27. The Morgan fingerprint density at radius 3 is 2.57 bits per heavy atom. The first-order valence-electron chi connectivity index (χ1n) is 10.8. The summed E-state index contributed by atoms with van der Waals surface area (Å²) in [5.74, 6) is 1.90. The zero-order valence-electron chi connectivity index (χ0n) is 18.1. The van der Waals surface area contributed by atoms with E-state index in [-0.39, 0.29) is 5.56 Å². The van der Waals surface area contributed by atoms with Crippen LogP contribution in [0.15, 0.2) is 58.4 Å². The Labute approximate surface area is 179 Å². The van der Waals surface area contributed by atoms with Gasteiger partial charge in [-0.3, -0.25) is 9.79 Å². The summed E-state index contributed by atoms with van der Waals surface area (Å²) in [6.45, 7) is 8.16. The van der Waals surface area contributed by atoms with Crippen LogP contribution in [0, 0.1) is 0 Å². The Kier molecular flexibility index (Phi) is 8.18. The van der Waals surface area contributed by atoms with Crippen LogP contribution in [0.3, 0.4) is 0 Å². The number of pyridine rings is 1. The van der Waals surface area contributed by atoms with Gasteiger partial charge < -0.3 is 24.4 Å². The van der Waals surface area contributed by atoms with Crippen molar-refractivity contribution < 1.29 is 4.74 Å². The number of ether oxygens (including phenoxy) is 1. The van der Waals surface area contributed by atoms with E-state index in [9.17, 15) is 4.79 Å². The van der Waals surface area contributed by atoms with Gasteiger partial charge in [-0.15, -0.1) is 0 Å². The van der Waals surface area contributed by atoms with Gasteiger partial charge in [-0.1, -0.05) is 18.2 Å². The number of piperazine rings is 1. The lowest BCUT2D eigenvalue weighted by molar-refractivity contribution is 0.367. The smallest absolute Gasteiger partial charge is 0.250 e. The van der Waals surface area contributed by atoms with E-state index in [0.29, 0.717) is 0 Å². The SMILES string of the molecule is CCNC(=NCCCCn1ccccc1=O)N1CCN(c2ccccc2OC)CC1. The third-order valence-corrected chi connectivity index (χ3v) is 5.31. The Morgan fingerprint density at radius 2 is 1.83 bits per heavy atom. The van der Waals surface area contributed by atoms with Crippen molar-refractivity contribution in [3.8, 4) is 5.75 Å². The average molecular weight is 412 g/mol. The molecule has 0 atom stereocenters. The number of rotatable bonds is 8. The van der Waals surface area contributed by atoms with Crippen molar-refractivity contribution in [1.82, 2.24) is 14.8 Å². The Bertz CT molecular complexity index is 872. The van der Waals surface area contributed by atoms with E-state index in [1.54, 1.807) is 23.8 Å². The highest BCUT2D eigenvalue weighted by atomic mass is 16.5. The van der Waals surface area contributed by atoms with Gasteiger partial charge in [-0.05, 0) is 38.0 Å². The lowest BCUT2D eigenvalue weighted by Gasteiger charge is -2.38. The van der Waals surface area contributed by atoms with E-state index < -0.39 is 0 Å². The molecular weight excluding hydrogens is 378 g/mol. The molecule has 1 saturated heterocycles. The highest BCUT2D eigenvalue weighted by Gasteiger charge is 2.21. The molecule has 0 unspecified atom stereocenters. The van der Waals surface area contributed by atoms with Crippen molar-refractivity contribution in [2.75, 3.05) is 51.3 Å². The van der Waals surface area contributed by atoms with Gasteiger partial charge in [0.05, 0.1) is 12.8 Å². The van der Waals surface area contributed by atoms with Crippen LogP contribution >= 0.6 is 0 Å². The fraction of sp³-hybridized carbons (Fsp3) is 0.478. The molecule has 7 heteroatoms. The largest absolute Gasteiger partial charge is 0.495 e. The molecule has 0 amide bonds. The topological polar surface area (TPSA) is 62.1 Å². The highest BCUT2D eigenvalue weighted by Crippen LogP contribution is 2.28. The van der Waals surface area contributed by atoms with Crippen LogP contribution in [0.4, 0.5) is 5.69 Å². The molecule has 3 rings (SSSR count). The van der Waals surface area contributed by atoms with Crippen LogP contribution in [-0.2, 0) is 6.54 Å². The minimum atomic E-state index is 0.0576. The average Bonchev–Trinajstić information content (AvgIpc) is 2.79. The molecule has 0 spiro atoms. The first-order chi connectivity index (χ1) is 14.7. The standard InChI is InChI=1S/C23H33N5O2/c1-3-24-23(25-13-7-9-15-27-14-8-6-12-22(27)29)28-18-16-26(17-19-28)20-10-4-5-11-21(20)30-2/h4-6,8,10-12,14H,3,7,9,13,15-19H2,1-2H3,(H,24,25). The molecule has 0 bridgehead atoms. The minimum Gasteiger partial charge on any atom is -0.495 e. The van der Waals surface area contributed by atoms with E-state index in [0.717, 1.165) is 76.1 Å². The van der Waals surface area contributed by atoms with Crippen LogP contribution in [0.25, 0.3) is 0 Å². The van der Waals surface area contributed by atoms with E-state index in [1.165, 1.54) is 0 Å². The quantitative estimate of drug-likeness (QED) is 0.411. The molecule has 2 heterocycles. The second-order valence-corrected chi connectivity index (χ2v) is 7.32. The number of anilines is 1. The molecule has 1 aliphatic rings. The number of nitrogens with zero attached hydrogens (tertiary/aromatic N) is 4. The van der Waals surface area contributed by atoms with E-state index in [2.05, 4.69) is 34.2 Å². The number of aromatic nitrogens is 1. The fourth-order valence-corrected chi connectivity index (χ4v) is 3.70. The minimum absolute atomic E-state index is 0.0576. The Hall–Kier alpha value is -2.96. The molecule has 1 aliphatic heterocycles. The summed E-state index contributed by atoms with van der Waals surface area (Å²) in [7, 11) is 1.72. The van der Waals surface area contributed by atoms with Crippen LogP contribution in [-0.4, -0.2) is 61.8 Å². The number of methoxy groups -OCH3 is 1. The summed E-state index contributed by atoms with van der Waals surface area (Å²) in [4.78, 5) is 21.3. The second kappa shape index (κ2) is 11.3. The number of aryl methyl sites for hydroxylation is 1. The van der Waals surface area contributed by atoms with Crippen molar-refractivity contribution >= 4 is 11.6 Å². The number of nitrogens with one attached hydrogen (secondary N) is 1. The van der Waals surface area contributed by atoms with Gasteiger partial charge in [0.15, 0.2) is 5.96 Å². The van der Waals surface area contributed by atoms with Gasteiger partial charge >= 0.3 is 0 Å². The maximum absolute atomic E-state index is 11.8. The lowest BCUT2D eigenvalue weighted by Crippen LogP contribution is -2.52. The summed E-state index contributed by atoms with van der Waals surface area (Å²) in [5.41, 5.74) is 1.21. The number of benzene rings is 1. The predicted molar refractivity (Wildman–Crippen MR) is 123 cm³/mol. The van der Waals surface area contributed by atoms with Crippen LogP contribution in [0.2, 0.25) is 0 Å². The number of guanidine groups is 1. The first kappa shape index (κ1) is 21.7. The zero-order valence-corrected chi connectivity index (χ0v) is 18.1. The van der Waals surface area contributed by atoms with Gasteiger partial charge in [0.1, 0.15) is 5.75 Å².